The Morgan fingerprint density at radius 1 is 1.33 bits per heavy atom. The number of hydrogen-bond acceptors (Lipinski definition) is 5. The Labute approximate surface area is 111 Å². The van der Waals surface area contributed by atoms with Crippen LogP contribution in [0.2, 0.25) is 0 Å². The third-order valence-electron chi connectivity index (χ3n) is 2.23. The van der Waals surface area contributed by atoms with Gasteiger partial charge < -0.3 is 10.1 Å². The second-order valence-corrected chi connectivity index (χ2v) is 4.62. The lowest BCUT2D eigenvalue weighted by Crippen LogP contribution is -2.01. The first kappa shape index (κ1) is 12.7. The summed E-state index contributed by atoms with van der Waals surface area (Å²) in [7, 11) is 1.66. The molecule has 94 valence electrons. The van der Waals surface area contributed by atoms with E-state index in [1.54, 1.807) is 25.1 Å². The highest BCUT2D eigenvalue weighted by molar-refractivity contribution is 7.99. The monoisotopic (exact) mass is 261 g/mol. The normalized spacial score (nSPS) is 10.1. The minimum atomic E-state index is 0.658. The molecule has 0 aliphatic heterocycles. The first-order valence-corrected chi connectivity index (χ1v) is 6.52. The van der Waals surface area contributed by atoms with Gasteiger partial charge in [-0.05, 0) is 31.2 Å². The van der Waals surface area contributed by atoms with Crippen molar-refractivity contribution in [2.24, 2.45) is 0 Å². The van der Waals surface area contributed by atoms with Gasteiger partial charge >= 0.3 is 0 Å². The average molecular weight is 261 g/mol. The van der Waals surface area contributed by atoms with Crippen molar-refractivity contribution in [2.45, 2.75) is 16.8 Å². The van der Waals surface area contributed by atoms with E-state index in [1.165, 1.54) is 0 Å². The van der Waals surface area contributed by atoms with E-state index in [-0.39, 0.29) is 0 Å². The molecule has 4 nitrogen and oxygen atoms in total. The van der Waals surface area contributed by atoms with E-state index in [0.717, 1.165) is 22.2 Å². The zero-order valence-electron chi connectivity index (χ0n) is 10.4. The Morgan fingerprint density at radius 3 is 3.00 bits per heavy atom. The predicted octanol–water partition coefficient (Wildman–Crippen LogP) is 3.07. The van der Waals surface area contributed by atoms with Gasteiger partial charge in [-0.3, -0.25) is 0 Å². The van der Waals surface area contributed by atoms with E-state index in [1.807, 2.05) is 37.3 Å². The molecular formula is C13H15N3OS. The maximum atomic E-state index is 5.20. The molecule has 0 unspecified atom stereocenters. The summed E-state index contributed by atoms with van der Waals surface area (Å²) >= 11 is 1.59. The van der Waals surface area contributed by atoms with Crippen molar-refractivity contribution in [3.8, 4) is 5.75 Å². The van der Waals surface area contributed by atoms with Crippen molar-refractivity contribution in [3.63, 3.8) is 0 Å². The first-order chi connectivity index (χ1) is 8.81. The number of nitrogens with one attached hydrogen (secondary N) is 1. The summed E-state index contributed by atoms with van der Waals surface area (Å²) in [4.78, 5) is 9.65. The first-order valence-electron chi connectivity index (χ1n) is 5.70. The summed E-state index contributed by atoms with van der Waals surface area (Å²) in [5.74, 6) is 1.51. The molecule has 1 N–H and O–H groups in total. The molecule has 18 heavy (non-hydrogen) atoms. The molecule has 0 amide bonds. The van der Waals surface area contributed by atoms with Gasteiger partial charge in [-0.2, -0.15) is 0 Å². The molecule has 0 spiro atoms. The summed E-state index contributed by atoms with van der Waals surface area (Å²) in [5, 5.41) is 4.01. The summed E-state index contributed by atoms with van der Waals surface area (Å²) in [6.45, 7) is 2.83. The van der Waals surface area contributed by atoms with E-state index >= 15 is 0 Å². The fourth-order valence-corrected chi connectivity index (χ4v) is 2.25. The van der Waals surface area contributed by atoms with E-state index < -0.39 is 0 Å². The molecule has 0 atom stereocenters. The third-order valence-corrected chi connectivity index (χ3v) is 3.15. The minimum absolute atomic E-state index is 0.658. The van der Waals surface area contributed by atoms with Crippen LogP contribution in [0.5, 0.6) is 5.75 Å². The van der Waals surface area contributed by atoms with Gasteiger partial charge in [0.15, 0.2) is 0 Å². The Balaban J connectivity index is 2.14. The summed E-state index contributed by atoms with van der Waals surface area (Å²) < 4.78 is 5.20. The maximum absolute atomic E-state index is 5.20. The molecule has 1 heterocycles. The van der Waals surface area contributed by atoms with E-state index in [0.29, 0.717) is 5.95 Å². The van der Waals surface area contributed by atoms with Gasteiger partial charge in [0.1, 0.15) is 10.8 Å². The van der Waals surface area contributed by atoms with E-state index in [9.17, 15) is 0 Å². The van der Waals surface area contributed by atoms with Crippen molar-refractivity contribution in [3.05, 3.63) is 36.5 Å². The van der Waals surface area contributed by atoms with Crippen LogP contribution in [0, 0.1) is 0 Å². The fourth-order valence-electron chi connectivity index (χ4n) is 1.43. The van der Waals surface area contributed by atoms with Gasteiger partial charge in [-0.1, -0.05) is 17.8 Å². The van der Waals surface area contributed by atoms with Gasteiger partial charge in [0.2, 0.25) is 5.95 Å². The molecule has 0 fully saturated rings. The second-order valence-electron chi connectivity index (χ2n) is 3.53. The van der Waals surface area contributed by atoms with Crippen molar-refractivity contribution < 1.29 is 4.74 Å². The van der Waals surface area contributed by atoms with E-state index in [4.69, 9.17) is 4.74 Å². The van der Waals surface area contributed by atoms with Gasteiger partial charge in [0, 0.05) is 17.6 Å². The Bertz CT molecular complexity index is 519. The standard InChI is InChI=1S/C13H15N3OS/c1-3-14-13-15-8-7-12(16-13)18-11-6-4-5-10(9-11)17-2/h4-9H,3H2,1-2H3,(H,14,15,16). The second kappa shape index (κ2) is 6.26. The van der Waals surface area contributed by atoms with Crippen LogP contribution >= 0.6 is 11.8 Å². The molecule has 1 aromatic heterocycles. The Morgan fingerprint density at radius 2 is 2.22 bits per heavy atom. The van der Waals surface area contributed by atoms with E-state index in [2.05, 4.69) is 15.3 Å². The molecule has 0 radical (unpaired) electrons. The minimum Gasteiger partial charge on any atom is -0.497 e. The lowest BCUT2D eigenvalue weighted by atomic mass is 10.3. The lowest BCUT2D eigenvalue weighted by Gasteiger charge is -2.05. The number of benzene rings is 1. The molecule has 0 bridgehead atoms. The summed E-state index contributed by atoms with van der Waals surface area (Å²) in [5.41, 5.74) is 0. The topological polar surface area (TPSA) is 47.0 Å². The van der Waals surface area contributed by atoms with Gasteiger partial charge in [0.05, 0.1) is 7.11 Å². The number of anilines is 1. The average Bonchev–Trinajstić information content (AvgIpc) is 2.40. The number of aromatic nitrogens is 2. The van der Waals surface area contributed by atoms with Crippen molar-refractivity contribution in [1.29, 1.82) is 0 Å². The smallest absolute Gasteiger partial charge is 0.223 e. The molecular weight excluding hydrogens is 246 g/mol. The summed E-state index contributed by atoms with van der Waals surface area (Å²) in [6.07, 6.45) is 1.76. The van der Waals surface area contributed by atoms with Crippen molar-refractivity contribution in [2.75, 3.05) is 19.0 Å². The van der Waals surface area contributed by atoms with Crippen molar-refractivity contribution >= 4 is 17.7 Å². The molecule has 0 aliphatic rings. The number of methoxy groups -OCH3 is 1. The fraction of sp³-hybridized carbons (Fsp3) is 0.231. The Kier molecular flexibility index (Phi) is 4.41. The quantitative estimate of drug-likeness (QED) is 0.838. The third kappa shape index (κ3) is 3.37. The number of ether oxygens (including phenoxy) is 1. The molecule has 1 aromatic carbocycles. The van der Waals surface area contributed by atoms with Gasteiger partial charge in [-0.15, -0.1) is 0 Å². The molecule has 0 aliphatic carbocycles. The van der Waals surface area contributed by atoms with Crippen LogP contribution in [0.25, 0.3) is 0 Å². The molecule has 2 rings (SSSR count). The highest BCUT2D eigenvalue weighted by Crippen LogP contribution is 2.28. The highest BCUT2D eigenvalue weighted by Gasteiger charge is 2.02. The number of rotatable bonds is 5. The largest absolute Gasteiger partial charge is 0.497 e. The highest BCUT2D eigenvalue weighted by atomic mass is 32.2. The van der Waals surface area contributed by atoms with Gasteiger partial charge in [0.25, 0.3) is 0 Å². The molecule has 0 saturated heterocycles. The van der Waals surface area contributed by atoms with Crippen molar-refractivity contribution in [1.82, 2.24) is 9.97 Å². The zero-order valence-corrected chi connectivity index (χ0v) is 11.2. The van der Waals surface area contributed by atoms with Gasteiger partial charge in [-0.25, -0.2) is 9.97 Å². The number of nitrogens with zero attached hydrogens (tertiary/aromatic N) is 2. The number of hydrogen-bond donors (Lipinski definition) is 1. The molecule has 0 saturated carbocycles. The van der Waals surface area contributed by atoms with Crippen LogP contribution in [0.4, 0.5) is 5.95 Å². The van der Waals surface area contributed by atoms with Crippen LogP contribution in [0.1, 0.15) is 6.92 Å². The SMILES string of the molecule is CCNc1nccc(Sc2cccc(OC)c2)n1. The van der Waals surface area contributed by atoms with Crippen LogP contribution in [-0.2, 0) is 0 Å². The molecule has 2 aromatic rings. The van der Waals surface area contributed by atoms with Crippen LogP contribution in [-0.4, -0.2) is 23.6 Å². The maximum Gasteiger partial charge on any atom is 0.223 e. The summed E-state index contributed by atoms with van der Waals surface area (Å²) in [6, 6.07) is 9.80. The lowest BCUT2D eigenvalue weighted by molar-refractivity contribution is 0.413. The van der Waals surface area contributed by atoms with Crippen LogP contribution < -0.4 is 10.1 Å². The van der Waals surface area contributed by atoms with Crippen LogP contribution in [0.3, 0.4) is 0 Å². The zero-order chi connectivity index (χ0) is 12.8. The Hall–Kier alpha value is -1.75. The molecule has 5 heteroatoms. The predicted molar refractivity (Wildman–Crippen MR) is 73.3 cm³/mol. The van der Waals surface area contributed by atoms with Crippen LogP contribution in [0.15, 0.2) is 46.5 Å².